The quantitative estimate of drug-likeness (QED) is 0.141. The molecule has 0 N–H and O–H groups in total. The lowest BCUT2D eigenvalue weighted by molar-refractivity contribution is 0.745. The van der Waals surface area contributed by atoms with E-state index in [0.29, 0.717) is 5.92 Å². The van der Waals surface area contributed by atoms with Crippen LogP contribution in [0.15, 0.2) is 237 Å². The number of hydrogen-bond donors (Lipinski definition) is 0. The van der Waals surface area contributed by atoms with Crippen LogP contribution >= 0.6 is 35.2 Å². The molecule has 4 aromatic heterocycles. The first-order valence-corrected chi connectivity index (χ1v) is 28.0. The minimum Gasteiger partial charge on any atom is -0.333 e. The Bertz CT molecular complexity index is 4710. The number of rotatable bonds is 9. The molecule has 14 aromatic rings. The summed E-state index contributed by atoms with van der Waals surface area (Å²) in [5.74, 6) is 0.309. The highest BCUT2D eigenvalue weighted by Gasteiger charge is 2.37. The highest BCUT2D eigenvalue weighted by molar-refractivity contribution is 7.00. The third-order valence-electron chi connectivity index (χ3n) is 15.6. The Kier molecular flexibility index (Phi) is 10.4. The second kappa shape index (κ2) is 18.1. The van der Waals surface area contributed by atoms with Gasteiger partial charge in [-0.05, 0) is 124 Å². The molecule has 2 atom stereocenters. The van der Waals surface area contributed by atoms with Crippen molar-refractivity contribution in [2.24, 2.45) is 0 Å². The lowest BCUT2D eigenvalue weighted by Gasteiger charge is -2.28. The summed E-state index contributed by atoms with van der Waals surface area (Å²) in [5.41, 5.74) is 23.5. The number of allylic oxidation sites excluding steroid dienone is 2. The first kappa shape index (κ1) is 44.8. The summed E-state index contributed by atoms with van der Waals surface area (Å²) in [6.07, 6.45) is 9.00. The van der Waals surface area contributed by atoms with Crippen molar-refractivity contribution in [2.45, 2.75) is 12.0 Å². The minimum absolute atomic E-state index is 0.243. The molecule has 0 fully saturated rings. The summed E-state index contributed by atoms with van der Waals surface area (Å²) in [7, 11) is 0. The molecule has 12 heteroatoms. The highest BCUT2D eigenvalue weighted by Crippen LogP contribution is 2.50. The molecule has 16 rings (SSSR count). The van der Waals surface area contributed by atoms with E-state index in [1.165, 1.54) is 79.5 Å². The van der Waals surface area contributed by atoms with Crippen molar-refractivity contribution < 1.29 is 0 Å². The number of benzene rings is 10. The lowest BCUT2D eigenvalue weighted by atomic mass is 9.90. The molecule has 2 aliphatic rings. The summed E-state index contributed by atoms with van der Waals surface area (Å²) < 4.78 is 31.9. The first-order valence-electron chi connectivity index (χ1n) is 25.9. The summed E-state index contributed by atoms with van der Waals surface area (Å²) in [4.78, 5) is 4.70. The predicted octanol–water partition coefficient (Wildman–Crippen LogP) is 17.7. The molecular formula is C66H41N9S3. The van der Waals surface area contributed by atoms with Crippen LogP contribution in [0.25, 0.3) is 105 Å². The number of hydrogen-bond acceptors (Lipinski definition) is 11. The topological polar surface area (TPSA) is 88.8 Å². The maximum Gasteiger partial charge on any atom is 0.129 e. The molecule has 9 nitrogen and oxygen atoms in total. The minimum atomic E-state index is 0.243. The Hall–Kier alpha value is -9.46. The Balaban J connectivity index is 0.749. The Labute approximate surface area is 460 Å². The van der Waals surface area contributed by atoms with E-state index in [2.05, 4.69) is 243 Å². The molecule has 368 valence electrons. The fraction of sp³-hybridized carbons (Fsp3) is 0.0303. The van der Waals surface area contributed by atoms with E-state index in [1.807, 2.05) is 12.1 Å². The van der Waals surface area contributed by atoms with Crippen molar-refractivity contribution in [2.75, 3.05) is 9.80 Å². The Morgan fingerprint density at radius 1 is 0.372 bits per heavy atom. The van der Waals surface area contributed by atoms with Gasteiger partial charge in [-0.25, -0.2) is 0 Å². The summed E-state index contributed by atoms with van der Waals surface area (Å²) in [6.45, 7) is 0. The molecule has 0 saturated carbocycles. The largest absolute Gasteiger partial charge is 0.333 e. The number of fused-ring (bicyclic) bond motifs is 9. The third-order valence-corrected chi connectivity index (χ3v) is 17.2. The van der Waals surface area contributed by atoms with Gasteiger partial charge >= 0.3 is 0 Å². The number of para-hydroxylation sites is 3. The van der Waals surface area contributed by atoms with Crippen LogP contribution in [0, 0.1) is 0 Å². The summed E-state index contributed by atoms with van der Waals surface area (Å²) in [6, 6.07) is 76.4. The van der Waals surface area contributed by atoms with Gasteiger partial charge in [0, 0.05) is 44.9 Å². The fourth-order valence-corrected chi connectivity index (χ4v) is 13.7. The highest BCUT2D eigenvalue weighted by atomic mass is 32.1. The molecule has 0 spiro atoms. The van der Waals surface area contributed by atoms with Gasteiger partial charge in [0.15, 0.2) is 0 Å². The molecule has 0 amide bonds. The molecule has 1 aliphatic heterocycles. The van der Waals surface area contributed by atoms with Crippen molar-refractivity contribution in [1.82, 2.24) is 30.8 Å². The molecule has 10 aromatic carbocycles. The monoisotopic (exact) mass is 1060 g/mol. The first-order chi connectivity index (χ1) is 38.7. The third kappa shape index (κ3) is 7.11. The van der Waals surface area contributed by atoms with Gasteiger partial charge in [-0.15, -0.1) is 0 Å². The maximum absolute atomic E-state index is 5.02. The van der Waals surface area contributed by atoms with Gasteiger partial charge in [0.05, 0.1) is 69.3 Å². The van der Waals surface area contributed by atoms with Gasteiger partial charge in [0.25, 0.3) is 0 Å². The van der Waals surface area contributed by atoms with E-state index in [-0.39, 0.29) is 6.04 Å². The number of aromatic nitrogens is 7. The van der Waals surface area contributed by atoms with Crippen LogP contribution in [-0.2, 0) is 0 Å². The second-order valence-electron chi connectivity index (χ2n) is 19.8. The van der Waals surface area contributed by atoms with E-state index >= 15 is 0 Å². The molecule has 0 bridgehead atoms. The summed E-state index contributed by atoms with van der Waals surface area (Å²) >= 11 is 3.64. The van der Waals surface area contributed by atoms with Gasteiger partial charge in [0.2, 0.25) is 0 Å². The zero-order chi connectivity index (χ0) is 51.3. The predicted molar refractivity (Wildman–Crippen MR) is 324 cm³/mol. The SMILES string of the molecule is C1=CC2c3ccc(-c4ccc(-c5ccc(N(c6cccc7nsnc67)c6ccc(-c7ccc(-c8ccc9c(c8)c8ccccc8n9-c8ccccc8)cc7)c7nsnc67)c6nsnc56)cc4)cc3N(c3ccccc3)C2C=C1. The van der Waals surface area contributed by atoms with Crippen LogP contribution in [0.1, 0.15) is 11.5 Å². The number of nitrogens with zero attached hydrogens (tertiary/aromatic N) is 9. The number of anilines is 5. The van der Waals surface area contributed by atoms with E-state index in [0.717, 1.165) is 94.8 Å². The Morgan fingerprint density at radius 2 is 0.910 bits per heavy atom. The zero-order valence-electron chi connectivity index (χ0n) is 41.4. The van der Waals surface area contributed by atoms with E-state index in [1.54, 1.807) is 0 Å². The zero-order valence-corrected chi connectivity index (χ0v) is 43.9. The van der Waals surface area contributed by atoms with E-state index < -0.39 is 0 Å². The van der Waals surface area contributed by atoms with Crippen molar-refractivity contribution in [1.29, 1.82) is 0 Å². The molecule has 1 aliphatic carbocycles. The molecule has 0 saturated heterocycles. The van der Waals surface area contributed by atoms with Crippen molar-refractivity contribution in [3.63, 3.8) is 0 Å². The molecule has 5 heterocycles. The fourth-order valence-electron chi connectivity index (χ4n) is 12.0. The molecule has 0 radical (unpaired) electrons. The van der Waals surface area contributed by atoms with Gasteiger partial charge in [-0.3, -0.25) is 0 Å². The van der Waals surface area contributed by atoms with E-state index in [4.69, 9.17) is 21.9 Å². The van der Waals surface area contributed by atoms with Crippen LogP contribution in [0.3, 0.4) is 0 Å². The maximum atomic E-state index is 5.02. The van der Waals surface area contributed by atoms with Crippen LogP contribution in [0.2, 0.25) is 0 Å². The standard InChI is InChI=1S/C66H41N9S3/c1-3-12-46(13-4-1)73-56-20-10-8-17-51(56)53-38-44(31-35-57(53)73)40-22-26-42(27-23-40)48-33-36-59(65-62(48)68-77-71-65)75(58-21-11-18-54-64(58)70-76-67-54)60-37-34-49(63-66(60)72-78-69-63)43-28-24-41(25-29-43)45-30-32-52-50-16-7-9-19-55(50)74(61(52)39-45)47-14-5-2-6-15-47/h1-39,50,55H. The van der Waals surface area contributed by atoms with Gasteiger partial charge in [0.1, 0.15) is 33.1 Å². The van der Waals surface area contributed by atoms with Gasteiger partial charge in [-0.1, -0.05) is 152 Å². The van der Waals surface area contributed by atoms with Crippen LogP contribution in [-0.4, -0.2) is 36.9 Å². The van der Waals surface area contributed by atoms with Crippen LogP contribution < -0.4 is 9.80 Å². The molecular weight excluding hydrogens is 1010 g/mol. The average molecular weight is 1060 g/mol. The van der Waals surface area contributed by atoms with Crippen LogP contribution in [0.4, 0.5) is 28.4 Å². The van der Waals surface area contributed by atoms with Crippen molar-refractivity contribution in [3.05, 3.63) is 242 Å². The molecule has 2 unspecified atom stereocenters. The lowest BCUT2D eigenvalue weighted by Crippen LogP contribution is -2.28. The van der Waals surface area contributed by atoms with E-state index in [9.17, 15) is 0 Å². The van der Waals surface area contributed by atoms with Crippen molar-refractivity contribution >= 4 is 119 Å². The van der Waals surface area contributed by atoms with Gasteiger partial charge < -0.3 is 14.4 Å². The van der Waals surface area contributed by atoms with Crippen molar-refractivity contribution in [3.8, 4) is 50.2 Å². The summed E-state index contributed by atoms with van der Waals surface area (Å²) in [5, 5.41) is 2.45. The van der Waals surface area contributed by atoms with Crippen LogP contribution in [0.5, 0.6) is 0 Å². The normalized spacial score (nSPS) is 14.8. The van der Waals surface area contributed by atoms with Gasteiger partial charge in [-0.2, -0.15) is 26.2 Å². The molecule has 78 heavy (non-hydrogen) atoms. The second-order valence-corrected chi connectivity index (χ2v) is 21.4. The average Bonchev–Trinajstić information content (AvgIpc) is 4.45. The Morgan fingerprint density at radius 3 is 1.62 bits per heavy atom. The smallest absolute Gasteiger partial charge is 0.129 e.